The lowest BCUT2D eigenvalue weighted by Gasteiger charge is -2.30. The molecule has 1 aliphatic carbocycles. The molecule has 2 aromatic heterocycles. The van der Waals surface area contributed by atoms with Crippen LogP contribution in [0.2, 0.25) is 0 Å². The molecule has 3 aromatic rings. The van der Waals surface area contributed by atoms with Crippen LogP contribution < -0.4 is 11.0 Å². The Morgan fingerprint density at radius 3 is 2.61 bits per heavy atom. The van der Waals surface area contributed by atoms with E-state index in [1.807, 2.05) is 6.07 Å². The van der Waals surface area contributed by atoms with Crippen molar-refractivity contribution in [2.75, 3.05) is 11.9 Å². The van der Waals surface area contributed by atoms with Gasteiger partial charge in [0.2, 0.25) is 0 Å². The van der Waals surface area contributed by atoms with Crippen LogP contribution in [0.5, 0.6) is 0 Å². The van der Waals surface area contributed by atoms with Crippen LogP contribution in [0, 0.1) is 5.41 Å². The number of aromatic amines is 1. The van der Waals surface area contributed by atoms with Crippen LogP contribution in [0.3, 0.4) is 0 Å². The Balaban J connectivity index is 1.53. The van der Waals surface area contributed by atoms with Crippen molar-refractivity contribution in [3.63, 3.8) is 0 Å². The molecule has 1 unspecified atom stereocenters. The van der Waals surface area contributed by atoms with Crippen LogP contribution in [0.15, 0.2) is 71.8 Å². The largest absolute Gasteiger partial charge is 0.383 e. The quantitative estimate of drug-likeness (QED) is 0.390. The van der Waals surface area contributed by atoms with E-state index in [1.54, 1.807) is 17.0 Å². The lowest BCUT2D eigenvalue weighted by molar-refractivity contribution is 0.266. The van der Waals surface area contributed by atoms with Gasteiger partial charge < -0.3 is 10.3 Å². The summed E-state index contributed by atoms with van der Waals surface area (Å²) in [6, 6.07) is 19.2. The normalized spacial score (nSPS) is 18.7. The first-order valence-electron chi connectivity index (χ1n) is 13.7. The van der Waals surface area contributed by atoms with E-state index < -0.39 is 0 Å². The van der Waals surface area contributed by atoms with E-state index in [0.29, 0.717) is 24.4 Å². The lowest BCUT2D eigenvalue weighted by atomic mass is 9.75. The minimum Gasteiger partial charge on any atom is -0.383 e. The monoisotopic (exact) mass is 486 g/mol. The summed E-state index contributed by atoms with van der Waals surface area (Å²) < 4.78 is 1.77. The standard InChI is InChI=1S/C31H42N4O/c1-31(2)19-12-8-4-3-5-10-14-26(23-31)25-13-9-6-7-11-15-27(17-16-25)33-21-22-35-29-18-20-32-24-28(29)34-30(35)36/h6-7,9,11,13,15-18,20,24,26,33H,3-5,8,10,12,14,19,21-23H2,1-2H3,(H,34,36). The van der Waals surface area contributed by atoms with E-state index in [2.05, 4.69) is 77.7 Å². The fourth-order valence-corrected chi connectivity index (χ4v) is 5.54. The fourth-order valence-electron chi connectivity index (χ4n) is 5.54. The van der Waals surface area contributed by atoms with Crippen LogP contribution in [0.1, 0.15) is 83.1 Å². The Kier molecular flexibility index (Phi) is 9.21. The van der Waals surface area contributed by atoms with Crippen molar-refractivity contribution in [1.29, 1.82) is 0 Å². The van der Waals surface area contributed by atoms with Crippen molar-refractivity contribution in [2.24, 2.45) is 5.41 Å². The Labute approximate surface area is 215 Å². The molecule has 0 bridgehead atoms. The average Bonchev–Trinajstić information content (AvgIpc) is 3.16. The maximum absolute atomic E-state index is 12.4. The van der Waals surface area contributed by atoms with Crippen LogP contribution in [0.25, 0.3) is 11.0 Å². The van der Waals surface area contributed by atoms with E-state index in [1.165, 1.54) is 63.4 Å². The van der Waals surface area contributed by atoms with Crippen molar-refractivity contribution < 1.29 is 0 Å². The van der Waals surface area contributed by atoms with E-state index >= 15 is 0 Å². The number of aromatic nitrogens is 3. The number of anilines is 1. The molecule has 2 N–H and O–H groups in total. The highest BCUT2D eigenvalue weighted by Gasteiger charge is 2.24. The summed E-state index contributed by atoms with van der Waals surface area (Å²) in [7, 11) is 0. The summed E-state index contributed by atoms with van der Waals surface area (Å²) in [5, 5.41) is 3.54. The van der Waals surface area contributed by atoms with Crippen molar-refractivity contribution in [3.8, 4) is 0 Å². The second-order valence-electron chi connectivity index (χ2n) is 11.0. The van der Waals surface area contributed by atoms with Crippen LogP contribution in [-0.4, -0.2) is 21.1 Å². The highest BCUT2D eigenvalue weighted by Crippen LogP contribution is 2.39. The van der Waals surface area contributed by atoms with Gasteiger partial charge in [0.05, 0.1) is 17.2 Å². The smallest absolute Gasteiger partial charge is 0.326 e. The Hall–Kier alpha value is -3.08. The van der Waals surface area contributed by atoms with Gasteiger partial charge in [0.25, 0.3) is 0 Å². The molecule has 2 heterocycles. The molecule has 1 fully saturated rings. The van der Waals surface area contributed by atoms with Crippen LogP contribution in [-0.2, 0) is 6.54 Å². The van der Waals surface area contributed by atoms with Gasteiger partial charge in [-0.2, -0.15) is 0 Å². The minimum absolute atomic E-state index is 0.0973. The fraction of sp³-hybridized carbons (Fsp3) is 0.484. The van der Waals surface area contributed by atoms with Gasteiger partial charge in [0, 0.05) is 25.0 Å². The molecule has 0 aliphatic heterocycles. The summed E-state index contributed by atoms with van der Waals surface area (Å²) >= 11 is 0. The van der Waals surface area contributed by atoms with Gasteiger partial charge >= 0.3 is 5.69 Å². The molecule has 0 spiro atoms. The number of nitrogens with zero attached hydrogens (tertiary/aromatic N) is 2. The molecule has 192 valence electrons. The van der Waals surface area contributed by atoms with Gasteiger partial charge in [0.1, 0.15) is 0 Å². The maximum Gasteiger partial charge on any atom is 0.326 e. The van der Waals surface area contributed by atoms with Crippen LogP contribution in [0.4, 0.5) is 5.69 Å². The van der Waals surface area contributed by atoms with E-state index in [4.69, 9.17) is 0 Å². The molecule has 0 saturated heterocycles. The molecule has 1 atom stereocenters. The molecule has 1 saturated carbocycles. The van der Waals surface area contributed by atoms with Gasteiger partial charge in [-0.25, -0.2) is 4.79 Å². The van der Waals surface area contributed by atoms with E-state index in [0.717, 1.165) is 16.7 Å². The molecular weight excluding hydrogens is 444 g/mol. The first-order chi connectivity index (χ1) is 17.5. The van der Waals surface area contributed by atoms with Gasteiger partial charge in [-0.1, -0.05) is 88.8 Å². The van der Waals surface area contributed by atoms with Crippen LogP contribution >= 0.6 is 0 Å². The van der Waals surface area contributed by atoms with Crippen molar-refractivity contribution in [3.05, 3.63) is 83.0 Å². The topological polar surface area (TPSA) is 62.7 Å². The van der Waals surface area contributed by atoms with Gasteiger partial charge in [-0.15, -0.1) is 0 Å². The molecule has 0 radical (unpaired) electrons. The first-order valence-corrected chi connectivity index (χ1v) is 13.7. The Morgan fingerprint density at radius 1 is 0.972 bits per heavy atom. The molecule has 5 heteroatoms. The van der Waals surface area contributed by atoms with Crippen molar-refractivity contribution in [2.45, 2.75) is 84.1 Å². The zero-order chi connectivity index (χ0) is 25.2. The molecule has 1 aliphatic rings. The molecule has 1 aromatic carbocycles. The first kappa shape index (κ1) is 26.0. The number of rotatable bonds is 5. The number of pyridine rings is 1. The number of hydrogen-bond acceptors (Lipinski definition) is 3. The van der Waals surface area contributed by atoms with Gasteiger partial charge in [-0.05, 0) is 54.4 Å². The summed E-state index contributed by atoms with van der Waals surface area (Å²) in [5.41, 5.74) is 4.40. The molecule has 5 nitrogen and oxygen atoms in total. The minimum atomic E-state index is -0.0973. The Bertz CT molecular complexity index is 1220. The predicted octanol–water partition coefficient (Wildman–Crippen LogP) is 7.60. The van der Waals surface area contributed by atoms with Gasteiger partial charge in [-0.3, -0.25) is 9.55 Å². The molecule has 36 heavy (non-hydrogen) atoms. The zero-order valence-corrected chi connectivity index (χ0v) is 22.0. The SMILES string of the molecule is CC1(C)CCCCCCCCC(c2ccccccc(NCCn3c(=O)[nH]c4cnccc43)cc2)C1. The third-order valence-corrected chi connectivity index (χ3v) is 7.52. The highest BCUT2D eigenvalue weighted by molar-refractivity contribution is 5.73. The van der Waals surface area contributed by atoms with E-state index in [9.17, 15) is 4.79 Å². The Morgan fingerprint density at radius 2 is 1.75 bits per heavy atom. The maximum atomic E-state index is 12.4. The predicted molar refractivity (Wildman–Crippen MR) is 151 cm³/mol. The number of H-pyrrole nitrogens is 1. The summed E-state index contributed by atoms with van der Waals surface area (Å²) in [4.78, 5) is 19.4. The summed E-state index contributed by atoms with van der Waals surface area (Å²) in [6.45, 7) is 6.15. The second-order valence-corrected chi connectivity index (χ2v) is 11.0. The number of imidazole rings is 1. The van der Waals surface area contributed by atoms with Crippen molar-refractivity contribution in [1.82, 2.24) is 14.5 Å². The summed E-state index contributed by atoms with van der Waals surface area (Å²) in [5.74, 6) is 0.571. The average molecular weight is 487 g/mol. The number of hydrogen-bond donors (Lipinski definition) is 2. The highest BCUT2D eigenvalue weighted by atomic mass is 16.1. The zero-order valence-electron chi connectivity index (χ0n) is 22.0. The third kappa shape index (κ3) is 7.46. The molecule has 4 rings (SSSR count). The second kappa shape index (κ2) is 12.8. The number of nitrogens with one attached hydrogen (secondary N) is 2. The third-order valence-electron chi connectivity index (χ3n) is 7.52. The lowest BCUT2D eigenvalue weighted by Crippen LogP contribution is -2.21. The summed E-state index contributed by atoms with van der Waals surface area (Å²) in [6.07, 6.45) is 15.4. The van der Waals surface area contributed by atoms with Gasteiger partial charge in [0.15, 0.2) is 0 Å². The number of fused-ring (bicyclic) bond motifs is 1. The molecular formula is C31H42N4O. The molecule has 0 amide bonds. The van der Waals surface area contributed by atoms with Crippen molar-refractivity contribution >= 4 is 16.7 Å². The van der Waals surface area contributed by atoms with E-state index in [-0.39, 0.29) is 5.69 Å².